The van der Waals surface area contributed by atoms with Gasteiger partial charge in [-0.3, -0.25) is 28.9 Å². The van der Waals surface area contributed by atoms with Gasteiger partial charge in [-0.25, -0.2) is 48.4 Å². The third-order valence-electron chi connectivity index (χ3n) is 12.0. The fourth-order valence-electron chi connectivity index (χ4n) is 8.99. The highest BCUT2D eigenvalue weighted by Gasteiger charge is 2.56. The van der Waals surface area contributed by atoms with E-state index >= 15 is 0 Å². The fraction of sp³-hybridized carbons (Fsp3) is 0.442. The van der Waals surface area contributed by atoms with Gasteiger partial charge in [0, 0.05) is 25.9 Å². The van der Waals surface area contributed by atoms with Crippen molar-refractivity contribution in [1.29, 1.82) is 0 Å². The number of carbonyl (C=O) groups excluding carboxylic acids is 2. The predicted molar refractivity (Wildman–Crippen MR) is 247 cm³/mol. The molecule has 0 spiro atoms. The molecule has 8 heterocycles. The monoisotopic (exact) mass is 1020 g/mol. The molecule has 4 amide bonds. The van der Waals surface area contributed by atoms with E-state index < -0.39 is 102 Å². The van der Waals surface area contributed by atoms with Crippen molar-refractivity contribution in [2.75, 3.05) is 36.5 Å². The van der Waals surface area contributed by atoms with E-state index in [1.54, 1.807) is 23.0 Å². The summed E-state index contributed by atoms with van der Waals surface area (Å²) in [6.07, 6.45) is -3.26. The Labute approximate surface area is 404 Å². The third kappa shape index (κ3) is 10.7. The molecule has 4 fully saturated rings. The number of hydrogen-bond donors (Lipinski definition) is 6. The number of anilines is 2. The average molecular weight is 1020 g/mol. The van der Waals surface area contributed by atoms with Crippen LogP contribution in [-0.2, 0) is 59.2 Å². The molecule has 0 saturated carbocycles. The van der Waals surface area contributed by atoms with Gasteiger partial charge in [0.2, 0.25) is 0 Å². The minimum Gasteiger partial charge on any atom is -0.349 e. The first-order chi connectivity index (χ1) is 34.3. The quantitative estimate of drug-likeness (QED) is 0.0658. The highest BCUT2D eigenvalue weighted by Crippen LogP contribution is 2.61. The van der Waals surface area contributed by atoms with Crippen molar-refractivity contribution >= 4 is 61.4 Å². The molecule has 71 heavy (non-hydrogen) atoms. The summed E-state index contributed by atoms with van der Waals surface area (Å²) in [5, 5.41) is 10.6. The molecule has 376 valence electrons. The summed E-state index contributed by atoms with van der Waals surface area (Å²) in [6, 6.07) is 18.1. The first-order valence-electron chi connectivity index (χ1n) is 22.8. The number of nitrogens with one attached hydrogen (secondary N) is 4. The van der Waals surface area contributed by atoms with Crippen LogP contribution >= 0.6 is 15.4 Å². The molecule has 4 aromatic heterocycles. The number of benzene rings is 2. The Morgan fingerprint density at radius 2 is 1.10 bits per heavy atom. The molecule has 0 bridgehead atoms. The number of aromatic nitrogens is 8. The van der Waals surface area contributed by atoms with E-state index in [0.717, 1.165) is 11.1 Å². The average Bonchev–Trinajstić information content (AvgIpc) is 4.21. The number of ether oxygens (including phenoxy) is 6. The number of hydrogen-bond acceptors (Lipinski definition) is 18. The van der Waals surface area contributed by atoms with Gasteiger partial charge in [-0.1, -0.05) is 60.7 Å². The number of fused-ring (bicyclic) bond motifs is 4. The van der Waals surface area contributed by atoms with E-state index in [2.05, 4.69) is 51.2 Å². The molecule has 9 unspecified atom stereocenters. The summed E-state index contributed by atoms with van der Waals surface area (Å²) in [5.74, 6) is 0.302. The molecule has 0 aliphatic carbocycles. The molecular weight excluding hydrogens is 970 g/mol. The van der Waals surface area contributed by atoms with Crippen molar-refractivity contribution in [2.24, 2.45) is 0 Å². The minimum atomic E-state index is -5.28. The van der Waals surface area contributed by atoms with Crippen LogP contribution in [0.3, 0.4) is 0 Å². The zero-order chi connectivity index (χ0) is 49.3. The van der Waals surface area contributed by atoms with Crippen LogP contribution in [-0.4, -0.2) is 136 Å². The van der Waals surface area contributed by atoms with Gasteiger partial charge in [0.15, 0.2) is 59.0 Å². The van der Waals surface area contributed by atoms with Crippen LogP contribution in [0.5, 0.6) is 0 Å². The molecule has 10 rings (SSSR count). The fourth-order valence-corrected chi connectivity index (χ4v) is 11.7. The van der Waals surface area contributed by atoms with Crippen LogP contribution in [0.1, 0.15) is 43.9 Å². The molecule has 4 aliphatic rings. The van der Waals surface area contributed by atoms with E-state index in [0.29, 0.717) is 31.6 Å². The number of imidazole rings is 2. The smallest absolute Gasteiger partial charge is 0.349 e. The highest BCUT2D eigenvalue weighted by atomic mass is 31.3. The Morgan fingerprint density at radius 1 is 0.634 bits per heavy atom. The van der Waals surface area contributed by atoms with Crippen LogP contribution in [0.25, 0.3) is 22.3 Å². The van der Waals surface area contributed by atoms with Gasteiger partial charge in [0.25, 0.3) is 0 Å². The second-order valence-corrected chi connectivity index (χ2v) is 20.4. The van der Waals surface area contributed by atoms with E-state index in [1.807, 2.05) is 60.7 Å². The van der Waals surface area contributed by atoms with Gasteiger partial charge in [-0.15, -0.1) is 0 Å². The Hall–Kier alpha value is -5.86. The van der Waals surface area contributed by atoms with Crippen LogP contribution < -0.4 is 21.3 Å². The molecule has 28 heteroatoms. The normalized spacial score (nSPS) is 27.5. The molecule has 6 N–H and O–H groups in total. The predicted octanol–water partition coefficient (Wildman–Crippen LogP) is 4.16. The van der Waals surface area contributed by atoms with Gasteiger partial charge in [-0.2, -0.15) is 0 Å². The third-order valence-corrected chi connectivity index (χ3v) is 15.2. The van der Waals surface area contributed by atoms with Crippen LogP contribution in [0.15, 0.2) is 86.0 Å². The molecule has 26 nitrogen and oxygen atoms in total. The second-order valence-electron chi connectivity index (χ2n) is 16.8. The topological polar surface area (TPSA) is 318 Å². The Bertz CT molecular complexity index is 2760. The van der Waals surface area contributed by atoms with Crippen molar-refractivity contribution in [2.45, 2.75) is 94.8 Å². The SMILES string of the molecule is CCNC(=O)Nc1ncnc2c1ncn2C1O[C@H](COP(=O)(O)OP(=O)(O)CC[C@H]2O[C@@H](n3cnc4c(NC(=O)NCC)ncnc43)C3OC(Cc4ccccc4)OC32)C2OC(Cc3ccccc3)OC21. The minimum absolute atomic E-state index is 0.144. The van der Waals surface area contributed by atoms with Crippen LogP contribution in [0.2, 0.25) is 0 Å². The number of nitrogens with zero attached hydrogens (tertiary/aromatic N) is 8. The van der Waals surface area contributed by atoms with Crippen molar-refractivity contribution < 1.29 is 65.8 Å². The molecule has 0 radical (unpaired) electrons. The lowest BCUT2D eigenvalue weighted by Crippen LogP contribution is -2.31. The number of phosphoric ester groups is 1. The van der Waals surface area contributed by atoms with Crippen molar-refractivity contribution in [3.8, 4) is 0 Å². The Balaban J connectivity index is 0.826. The highest BCUT2D eigenvalue weighted by molar-refractivity contribution is 7.64. The van der Waals surface area contributed by atoms with Gasteiger partial charge >= 0.3 is 27.5 Å². The largest absolute Gasteiger partial charge is 0.479 e. The molecule has 2 aromatic carbocycles. The molecule has 6 aromatic rings. The van der Waals surface area contributed by atoms with Crippen LogP contribution in [0.4, 0.5) is 21.2 Å². The zero-order valence-corrected chi connectivity index (χ0v) is 39.9. The number of phosphoric acid groups is 1. The molecule has 4 saturated heterocycles. The maximum Gasteiger partial charge on any atom is 0.479 e. The zero-order valence-electron chi connectivity index (χ0n) is 38.1. The Kier molecular flexibility index (Phi) is 14.2. The second kappa shape index (κ2) is 20.7. The lowest BCUT2D eigenvalue weighted by molar-refractivity contribution is -0.149. The standard InChI is InChI=1S/C43H50N12O14P2/c1-3-44-42(56)52-36-30-38(48-20-46-36)54(22-50-30)40-34-32(65-28(67-34)17-24-11-7-5-8-12-24)26(63-40)15-16-70(58,59)69-71(60,61)62-19-27-33-35(68-29(66-33)18-25-13-9-6-10-14-25)41(64-27)55-23-51-31-37(47-21-49-39(31)55)53-43(57)45-4-2/h5-14,20-23,26-29,32-35,40-41H,3-4,15-19H2,1-2H3,(H,58,59)(H,60,61)(H2,44,46,48,52,56)(H2,45,47,49,53,57)/t26-,27-,28?,29?,32?,33?,34?,35?,40-,41?/m1/s1. The maximum absolute atomic E-state index is 13.7. The lowest BCUT2D eigenvalue weighted by Gasteiger charge is -2.23. The summed E-state index contributed by atoms with van der Waals surface area (Å²) in [5.41, 5.74) is 2.98. The van der Waals surface area contributed by atoms with Gasteiger partial charge in [0.1, 0.15) is 43.2 Å². The van der Waals surface area contributed by atoms with Crippen molar-refractivity contribution in [1.82, 2.24) is 49.7 Å². The van der Waals surface area contributed by atoms with E-state index in [1.165, 1.54) is 25.3 Å². The summed E-state index contributed by atoms with van der Waals surface area (Å²) in [4.78, 5) is 72.8. The number of carbonyl (C=O) groups is 2. The van der Waals surface area contributed by atoms with Crippen molar-refractivity contribution in [3.63, 3.8) is 0 Å². The van der Waals surface area contributed by atoms with Gasteiger partial charge in [0.05, 0.1) is 31.5 Å². The lowest BCUT2D eigenvalue weighted by atomic mass is 10.1. The van der Waals surface area contributed by atoms with E-state index in [9.17, 15) is 28.5 Å². The number of amides is 4. The van der Waals surface area contributed by atoms with Gasteiger partial charge < -0.3 is 48.8 Å². The first kappa shape index (κ1) is 48.8. The van der Waals surface area contributed by atoms with E-state index in [4.69, 9.17) is 37.3 Å². The molecular formula is C43H50N12O14P2. The summed E-state index contributed by atoms with van der Waals surface area (Å²) < 4.78 is 79.1. The van der Waals surface area contributed by atoms with Crippen LogP contribution in [0, 0.1) is 0 Å². The molecule has 4 aliphatic heterocycles. The summed E-state index contributed by atoms with van der Waals surface area (Å²) in [7, 11) is -10.2. The van der Waals surface area contributed by atoms with E-state index in [-0.39, 0.29) is 34.7 Å². The first-order valence-corrected chi connectivity index (χ1v) is 26.1. The molecule has 12 atom stereocenters. The summed E-state index contributed by atoms with van der Waals surface area (Å²) in [6.45, 7) is 3.67. The van der Waals surface area contributed by atoms with Gasteiger partial charge in [-0.05, 0) is 31.4 Å². The number of rotatable bonds is 18. The number of urea groups is 2. The van der Waals surface area contributed by atoms with Crippen molar-refractivity contribution in [3.05, 3.63) is 97.1 Å². The maximum atomic E-state index is 13.7. The summed E-state index contributed by atoms with van der Waals surface area (Å²) >= 11 is 0. The Morgan fingerprint density at radius 3 is 1.59 bits per heavy atom.